The number of nitrogens with one attached hydrogen (secondary N) is 1. The highest BCUT2D eigenvalue weighted by molar-refractivity contribution is 5.68. The van der Waals surface area contributed by atoms with Crippen molar-refractivity contribution in [2.24, 2.45) is 0 Å². The molecular weight excluding hydrogens is 244 g/mol. The number of likely N-dealkylation sites (tertiary alicyclic amines) is 1. The van der Waals surface area contributed by atoms with Crippen molar-refractivity contribution in [3.05, 3.63) is 0 Å². The molecule has 1 amide bonds. The Kier molecular flexibility index (Phi) is 6.07. The summed E-state index contributed by atoms with van der Waals surface area (Å²) < 4.78 is 5.40. The maximum atomic E-state index is 12.0. The summed E-state index contributed by atoms with van der Waals surface area (Å²) in [6.45, 7) is 9.35. The highest BCUT2D eigenvalue weighted by Crippen LogP contribution is 2.15. The van der Waals surface area contributed by atoms with Crippen molar-refractivity contribution in [1.82, 2.24) is 10.2 Å². The van der Waals surface area contributed by atoms with Gasteiger partial charge >= 0.3 is 6.09 Å². The van der Waals surface area contributed by atoms with Gasteiger partial charge in [0.05, 0.1) is 0 Å². The van der Waals surface area contributed by atoms with Gasteiger partial charge < -0.3 is 20.1 Å². The second-order valence-electron chi connectivity index (χ2n) is 6.35. The predicted octanol–water partition coefficient (Wildman–Crippen LogP) is 1.75. The number of hydrogen-bond donors (Lipinski definition) is 2. The van der Waals surface area contributed by atoms with Crippen molar-refractivity contribution in [3.63, 3.8) is 0 Å². The highest BCUT2D eigenvalue weighted by Gasteiger charge is 2.27. The molecule has 0 saturated carbocycles. The van der Waals surface area contributed by atoms with Gasteiger partial charge in [-0.3, -0.25) is 0 Å². The van der Waals surface area contributed by atoms with Gasteiger partial charge in [0.15, 0.2) is 0 Å². The lowest BCUT2D eigenvalue weighted by Crippen LogP contribution is -2.51. The monoisotopic (exact) mass is 272 g/mol. The third kappa shape index (κ3) is 6.25. The van der Waals surface area contributed by atoms with Crippen molar-refractivity contribution in [3.8, 4) is 0 Å². The van der Waals surface area contributed by atoms with Crippen LogP contribution in [0.1, 0.15) is 47.0 Å². The van der Waals surface area contributed by atoms with Crippen LogP contribution in [0.15, 0.2) is 0 Å². The van der Waals surface area contributed by atoms with E-state index in [1.54, 1.807) is 4.90 Å². The summed E-state index contributed by atoms with van der Waals surface area (Å²) in [6, 6.07) is 0.566. The Morgan fingerprint density at radius 3 is 2.79 bits per heavy atom. The zero-order valence-corrected chi connectivity index (χ0v) is 12.6. The van der Waals surface area contributed by atoms with Gasteiger partial charge in [-0.25, -0.2) is 4.79 Å². The van der Waals surface area contributed by atoms with Gasteiger partial charge in [-0.1, -0.05) is 0 Å². The lowest BCUT2D eigenvalue weighted by atomic mass is 10.0. The second kappa shape index (κ2) is 7.10. The molecule has 1 fully saturated rings. The van der Waals surface area contributed by atoms with Gasteiger partial charge in [0.25, 0.3) is 0 Å². The van der Waals surface area contributed by atoms with Crippen molar-refractivity contribution in [1.29, 1.82) is 0 Å². The maximum Gasteiger partial charge on any atom is 0.410 e. The van der Waals surface area contributed by atoms with Gasteiger partial charge in [-0.05, 0) is 47.0 Å². The molecule has 2 unspecified atom stereocenters. The van der Waals surface area contributed by atoms with Crippen molar-refractivity contribution in [2.75, 3.05) is 19.7 Å². The number of hydrogen-bond acceptors (Lipinski definition) is 4. The van der Waals surface area contributed by atoms with Crippen LogP contribution in [0.5, 0.6) is 0 Å². The van der Waals surface area contributed by atoms with Crippen LogP contribution in [0.25, 0.3) is 0 Å². The number of aliphatic hydroxyl groups is 1. The normalized spacial score (nSPS) is 22.2. The smallest absolute Gasteiger partial charge is 0.410 e. The molecule has 1 saturated heterocycles. The Labute approximate surface area is 116 Å². The number of nitrogens with zero attached hydrogens (tertiary/aromatic N) is 1. The second-order valence-corrected chi connectivity index (χ2v) is 6.35. The fourth-order valence-electron chi connectivity index (χ4n) is 2.28. The summed E-state index contributed by atoms with van der Waals surface area (Å²) in [4.78, 5) is 13.8. The number of piperidine rings is 1. The Balaban J connectivity index is 2.43. The predicted molar refractivity (Wildman–Crippen MR) is 75.1 cm³/mol. The van der Waals surface area contributed by atoms with E-state index in [1.165, 1.54) is 0 Å². The summed E-state index contributed by atoms with van der Waals surface area (Å²) in [5.41, 5.74) is -0.443. The molecular formula is C14H28N2O3. The Morgan fingerprint density at radius 1 is 1.53 bits per heavy atom. The lowest BCUT2D eigenvalue weighted by molar-refractivity contribution is 0.0182. The first-order chi connectivity index (χ1) is 8.81. The van der Waals surface area contributed by atoms with Crippen molar-refractivity contribution < 1.29 is 14.6 Å². The molecule has 2 atom stereocenters. The maximum absolute atomic E-state index is 12.0. The minimum atomic E-state index is -0.443. The topological polar surface area (TPSA) is 61.8 Å². The molecule has 0 spiro atoms. The zero-order valence-electron chi connectivity index (χ0n) is 12.6. The van der Waals surface area contributed by atoms with E-state index in [0.717, 1.165) is 25.8 Å². The lowest BCUT2D eigenvalue weighted by Gasteiger charge is -2.35. The Bertz CT molecular complexity index is 289. The standard InChI is InChI=1S/C14H28N2O3/c1-11(7-9-17)15-12-6-5-8-16(10-12)13(18)19-14(2,3)4/h11-12,15,17H,5-10H2,1-4H3. The van der Waals surface area contributed by atoms with E-state index in [4.69, 9.17) is 9.84 Å². The number of aliphatic hydroxyl groups excluding tert-OH is 1. The summed E-state index contributed by atoms with van der Waals surface area (Å²) in [5, 5.41) is 12.4. The number of carbonyl (C=O) groups is 1. The molecule has 5 heteroatoms. The van der Waals surface area contributed by atoms with Crippen molar-refractivity contribution in [2.45, 2.75) is 64.6 Å². The molecule has 112 valence electrons. The number of carbonyl (C=O) groups excluding carboxylic acids is 1. The minimum Gasteiger partial charge on any atom is -0.444 e. The van der Waals surface area contributed by atoms with Gasteiger partial charge in [0.1, 0.15) is 5.60 Å². The minimum absolute atomic E-state index is 0.191. The van der Waals surface area contributed by atoms with Crippen LogP contribution in [-0.2, 0) is 4.74 Å². The molecule has 0 aliphatic carbocycles. The molecule has 1 rings (SSSR count). The molecule has 0 aromatic carbocycles. The van der Waals surface area contributed by atoms with Gasteiger partial charge in [-0.2, -0.15) is 0 Å². The average molecular weight is 272 g/mol. The quantitative estimate of drug-likeness (QED) is 0.818. The van der Waals surface area contributed by atoms with E-state index in [-0.39, 0.29) is 18.7 Å². The number of ether oxygens (including phenoxy) is 1. The van der Waals surface area contributed by atoms with Gasteiger partial charge in [0.2, 0.25) is 0 Å². The SMILES string of the molecule is CC(CCO)NC1CCCN(C(=O)OC(C)(C)C)C1. The van der Waals surface area contributed by atoms with Crippen LogP contribution >= 0.6 is 0 Å². The molecule has 1 heterocycles. The summed E-state index contributed by atoms with van der Waals surface area (Å²) >= 11 is 0. The molecule has 0 radical (unpaired) electrons. The molecule has 2 N–H and O–H groups in total. The van der Waals surface area contributed by atoms with E-state index in [1.807, 2.05) is 20.8 Å². The molecule has 0 aromatic rings. The summed E-state index contributed by atoms with van der Waals surface area (Å²) in [5.74, 6) is 0. The van der Waals surface area contributed by atoms with Gasteiger partial charge in [0, 0.05) is 31.8 Å². The first-order valence-electron chi connectivity index (χ1n) is 7.16. The van der Waals surface area contributed by atoms with Gasteiger partial charge in [-0.15, -0.1) is 0 Å². The Hall–Kier alpha value is -0.810. The first kappa shape index (κ1) is 16.2. The molecule has 0 aromatic heterocycles. The molecule has 5 nitrogen and oxygen atoms in total. The first-order valence-corrected chi connectivity index (χ1v) is 7.16. The van der Waals surface area contributed by atoms with Crippen LogP contribution in [0.3, 0.4) is 0 Å². The highest BCUT2D eigenvalue weighted by atomic mass is 16.6. The number of rotatable bonds is 4. The fraction of sp³-hybridized carbons (Fsp3) is 0.929. The van der Waals surface area contributed by atoms with E-state index in [9.17, 15) is 4.79 Å². The van der Waals surface area contributed by atoms with Crippen LogP contribution in [0.4, 0.5) is 4.79 Å². The average Bonchev–Trinajstić information content (AvgIpc) is 2.27. The van der Waals surface area contributed by atoms with E-state index >= 15 is 0 Å². The van der Waals surface area contributed by atoms with E-state index < -0.39 is 5.60 Å². The molecule has 1 aliphatic rings. The van der Waals surface area contributed by atoms with Crippen LogP contribution < -0.4 is 5.32 Å². The van der Waals surface area contributed by atoms with Crippen molar-refractivity contribution >= 4 is 6.09 Å². The zero-order chi connectivity index (χ0) is 14.5. The van der Waals surface area contributed by atoms with E-state index in [2.05, 4.69) is 12.2 Å². The van der Waals surface area contributed by atoms with Crippen LogP contribution in [0.2, 0.25) is 0 Å². The summed E-state index contributed by atoms with van der Waals surface area (Å²) in [6.07, 6.45) is 2.56. The largest absolute Gasteiger partial charge is 0.444 e. The third-order valence-electron chi connectivity index (χ3n) is 3.16. The summed E-state index contributed by atoms with van der Waals surface area (Å²) in [7, 11) is 0. The van der Waals surface area contributed by atoms with E-state index in [0.29, 0.717) is 12.6 Å². The van der Waals surface area contributed by atoms with Crippen LogP contribution in [-0.4, -0.2) is 53.5 Å². The molecule has 19 heavy (non-hydrogen) atoms. The van der Waals surface area contributed by atoms with Crippen LogP contribution in [0, 0.1) is 0 Å². The third-order valence-corrected chi connectivity index (χ3v) is 3.16. The Morgan fingerprint density at radius 2 is 2.21 bits per heavy atom. The fourth-order valence-corrected chi connectivity index (χ4v) is 2.28. The molecule has 1 aliphatic heterocycles. The molecule has 0 bridgehead atoms. The number of amides is 1.